The Kier molecular flexibility index (Phi) is 7.10. The molecule has 0 aliphatic heterocycles. The lowest BCUT2D eigenvalue weighted by Crippen LogP contribution is -2.09. The Labute approximate surface area is 154 Å². The van der Waals surface area contributed by atoms with Gasteiger partial charge in [-0.1, -0.05) is 36.9 Å². The van der Waals surface area contributed by atoms with Crippen molar-refractivity contribution in [3.8, 4) is 11.1 Å². The molecule has 0 aliphatic carbocycles. The first-order valence-corrected chi connectivity index (χ1v) is 8.74. The molecule has 2 rings (SSSR count). The molecular weight excluding hydrogens is 331 g/mol. The third-order valence-electron chi connectivity index (χ3n) is 4.16. The number of rotatable bonds is 8. The summed E-state index contributed by atoms with van der Waals surface area (Å²) in [5.41, 5.74) is 4.52. The Hall–Kier alpha value is -2.46. The summed E-state index contributed by atoms with van der Waals surface area (Å²) < 4.78 is 19.6. The Balaban J connectivity index is 2.30. The molecule has 2 aromatic carbocycles. The Morgan fingerprint density at radius 2 is 1.88 bits per heavy atom. The summed E-state index contributed by atoms with van der Waals surface area (Å²) >= 11 is 0. The summed E-state index contributed by atoms with van der Waals surface area (Å²) in [6.45, 7) is 7.35. The zero-order valence-electron chi connectivity index (χ0n) is 15.3. The lowest BCUT2D eigenvalue weighted by Gasteiger charge is -2.14. The zero-order valence-corrected chi connectivity index (χ0v) is 15.3. The first-order chi connectivity index (χ1) is 12.4. The van der Waals surface area contributed by atoms with E-state index in [1.54, 1.807) is 13.0 Å². The first kappa shape index (κ1) is 19.9. The van der Waals surface area contributed by atoms with Crippen LogP contribution >= 0.6 is 0 Å². The number of hydrogen-bond acceptors (Lipinski definition) is 3. The number of esters is 1. The third kappa shape index (κ3) is 5.27. The molecule has 1 N–H and O–H groups in total. The van der Waals surface area contributed by atoms with Crippen molar-refractivity contribution in [2.75, 3.05) is 13.2 Å². The van der Waals surface area contributed by atoms with Gasteiger partial charge in [-0.3, -0.25) is 0 Å². The van der Waals surface area contributed by atoms with Gasteiger partial charge in [0.25, 0.3) is 0 Å². The van der Waals surface area contributed by atoms with Crippen molar-refractivity contribution in [3.05, 3.63) is 71.1 Å². The van der Waals surface area contributed by atoms with Gasteiger partial charge in [-0.15, -0.1) is 0 Å². The van der Waals surface area contributed by atoms with Crippen LogP contribution in [0.2, 0.25) is 0 Å². The lowest BCUT2D eigenvalue weighted by molar-refractivity contribution is -0.138. The molecule has 0 aromatic heterocycles. The number of halogens is 1. The molecule has 0 fully saturated rings. The van der Waals surface area contributed by atoms with E-state index in [-0.39, 0.29) is 19.0 Å². The molecule has 4 heteroatoms. The van der Waals surface area contributed by atoms with E-state index in [2.05, 4.69) is 6.58 Å². The SMILES string of the molecule is C=C(C)C(=O)OCCc1cc(CCCO)ccc1-c1ccc(C)cc1F. The highest BCUT2D eigenvalue weighted by molar-refractivity contribution is 5.86. The maximum Gasteiger partial charge on any atom is 0.333 e. The second-order valence-corrected chi connectivity index (χ2v) is 6.47. The van der Waals surface area contributed by atoms with Gasteiger partial charge in [-0.05, 0) is 55.0 Å². The zero-order chi connectivity index (χ0) is 19.1. The predicted molar refractivity (Wildman–Crippen MR) is 101 cm³/mol. The van der Waals surface area contributed by atoms with E-state index in [9.17, 15) is 9.18 Å². The second kappa shape index (κ2) is 9.30. The van der Waals surface area contributed by atoms with Gasteiger partial charge < -0.3 is 9.84 Å². The Bertz CT molecular complexity index is 796. The van der Waals surface area contributed by atoms with Crippen LogP contribution in [-0.4, -0.2) is 24.3 Å². The average Bonchev–Trinajstić information content (AvgIpc) is 2.60. The van der Waals surface area contributed by atoms with Gasteiger partial charge in [0, 0.05) is 24.2 Å². The predicted octanol–water partition coefficient (Wildman–Crippen LogP) is 4.39. The maximum absolute atomic E-state index is 14.4. The minimum absolute atomic E-state index is 0.125. The molecule has 26 heavy (non-hydrogen) atoms. The topological polar surface area (TPSA) is 46.5 Å². The largest absolute Gasteiger partial charge is 0.462 e. The van der Waals surface area contributed by atoms with Crippen molar-refractivity contribution >= 4 is 5.97 Å². The second-order valence-electron chi connectivity index (χ2n) is 6.47. The monoisotopic (exact) mass is 356 g/mol. The number of aliphatic hydroxyl groups is 1. The van der Waals surface area contributed by atoms with E-state index in [4.69, 9.17) is 9.84 Å². The number of carbonyl (C=O) groups is 1. The van der Waals surface area contributed by atoms with Gasteiger partial charge >= 0.3 is 5.97 Å². The lowest BCUT2D eigenvalue weighted by atomic mass is 9.93. The number of ether oxygens (including phenoxy) is 1. The van der Waals surface area contributed by atoms with Crippen LogP contribution in [0.15, 0.2) is 48.6 Å². The molecule has 3 nitrogen and oxygen atoms in total. The van der Waals surface area contributed by atoms with E-state index in [1.807, 2.05) is 31.2 Å². The van der Waals surface area contributed by atoms with Crippen LogP contribution < -0.4 is 0 Å². The molecule has 0 heterocycles. The summed E-state index contributed by atoms with van der Waals surface area (Å²) in [5.74, 6) is -0.696. The molecule has 0 spiro atoms. The molecule has 0 radical (unpaired) electrons. The fourth-order valence-electron chi connectivity index (χ4n) is 2.77. The van der Waals surface area contributed by atoms with Crippen molar-refractivity contribution < 1.29 is 19.0 Å². The fraction of sp³-hybridized carbons (Fsp3) is 0.318. The summed E-state index contributed by atoms with van der Waals surface area (Å²) in [6, 6.07) is 11.0. The highest BCUT2D eigenvalue weighted by Gasteiger charge is 2.12. The molecule has 2 aromatic rings. The van der Waals surface area contributed by atoms with Crippen LogP contribution in [0.4, 0.5) is 4.39 Å². The number of hydrogen-bond donors (Lipinski definition) is 1. The maximum atomic E-state index is 14.4. The number of benzene rings is 2. The van der Waals surface area contributed by atoms with Crippen molar-refractivity contribution in [3.63, 3.8) is 0 Å². The number of aliphatic hydroxyl groups excluding tert-OH is 1. The van der Waals surface area contributed by atoms with Gasteiger partial charge in [0.05, 0.1) is 6.61 Å². The summed E-state index contributed by atoms with van der Waals surface area (Å²) in [6.07, 6.45) is 1.89. The Morgan fingerprint density at radius 1 is 1.15 bits per heavy atom. The molecular formula is C22H25FO3. The molecule has 0 bridgehead atoms. The van der Waals surface area contributed by atoms with Crippen molar-refractivity contribution in [1.82, 2.24) is 0 Å². The first-order valence-electron chi connectivity index (χ1n) is 8.74. The van der Waals surface area contributed by atoms with Gasteiger partial charge in [0.1, 0.15) is 5.82 Å². The van der Waals surface area contributed by atoms with Crippen LogP contribution in [0.5, 0.6) is 0 Å². The van der Waals surface area contributed by atoms with Crippen molar-refractivity contribution in [1.29, 1.82) is 0 Å². The minimum Gasteiger partial charge on any atom is -0.462 e. The number of aryl methyl sites for hydroxylation is 2. The van der Waals surface area contributed by atoms with Crippen LogP contribution in [0.25, 0.3) is 11.1 Å². The van der Waals surface area contributed by atoms with E-state index in [0.717, 1.165) is 28.7 Å². The molecule has 0 unspecified atom stereocenters. The van der Waals surface area contributed by atoms with E-state index < -0.39 is 5.97 Å². The molecule has 0 aliphatic rings. The summed E-state index contributed by atoms with van der Waals surface area (Å²) in [7, 11) is 0. The standard InChI is InChI=1S/C22H25FO3/c1-15(2)22(25)26-12-10-18-14-17(5-4-11-24)7-9-19(18)20-8-6-16(3)13-21(20)23/h6-9,13-14,24H,1,4-5,10-12H2,2-3H3. The van der Waals surface area contributed by atoms with E-state index in [0.29, 0.717) is 24.0 Å². The van der Waals surface area contributed by atoms with Crippen LogP contribution in [-0.2, 0) is 22.4 Å². The van der Waals surface area contributed by atoms with Crippen molar-refractivity contribution in [2.24, 2.45) is 0 Å². The van der Waals surface area contributed by atoms with Gasteiger partial charge in [0.2, 0.25) is 0 Å². The van der Waals surface area contributed by atoms with Crippen LogP contribution in [0.1, 0.15) is 30.0 Å². The summed E-state index contributed by atoms with van der Waals surface area (Å²) in [4.78, 5) is 11.6. The average molecular weight is 356 g/mol. The van der Waals surface area contributed by atoms with Gasteiger partial charge in [-0.2, -0.15) is 0 Å². The van der Waals surface area contributed by atoms with Crippen LogP contribution in [0.3, 0.4) is 0 Å². The molecule has 0 saturated heterocycles. The molecule has 0 saturated carbocycles. The van der Waals surface area contributed by atoms with Gasteiger partial charge in [-0.25, -0.2) is 9.18 Å². The van der Waals surface area contributed by atoms with Gasteiger partial charge in [0.15, 0.2) is 0 Å². The quantitative estimate of drug-likeness (QED) is 0.564. The van der Waals surface area contributed by atoms with Crippen LogP contribution in [0, 0.1) is 12.7 Å². The normalized spacial score (nSPS) is 10.6. The highest BCUT2D eigenvalue weighted by Crippen LogP contribution is 2.29. The molecule has 0 amide bonds. The van der Waals surface area contributed by atoms with Crippen molar-refractivity contribution in [2.45, 2.75) is 33.1 Å². The summed E-state index contributed by atoms with van der Waals surface area (Å²) in [5, 5.41) is 9.03. The molecule has 138 valence electrons. The van der Waals surface area contributed by atoms with E-state index >= 15 is 0 Å². The minimum atomic E-state index is -0.426. The highest BCUT2D eigenvalue weighted by atomic mass is 19.1. The third-order valence-corrected chi connectivity index (χ3v) is 4.16. The smallest absolute Gasteiger partial charge is 0.333 e. The molecule has 0 atom stereocenters. The number of carbonyl (C=O) groups excluding carboxylic acids is 1. The van der Waals surface area contributed by atoms with E-state index in [1.165, 1.54) is 6.07 Å². The fourth-order valence-corrected chi connectivity index (χ4v) is 2.77. The Morgan fingerprint density at radius 3 is 2.54 bits per heavy atom.